The van der Waals surface area contributed by atoms with Gasteiger partial charge in [0.15, 0.2) is 5.82 Å². The molecule has 0 atom stereocenters. The topological polar surface area (TPSA) is 106 Å². The van der Waals surface area contributed by atoms with Crippen LogP contribution in [0.15, 0.2) is 95.6 Å². The number of aliphatic imine (C=N–C) groups is 1. The predicted octanol–water partition coefficient (Wildman–Crippen LogP) is 4.71. The van der Waals surface area contributed by atoms with Gasteiger partial charge < -0.3 is 16.8 Å². The van der Waals surface area contributed by atoms with Gasteiger partial charge in [-0.05, 0) is 67.8 Å². The van der Waals surface area contributed by atoms with Crippen LogP contribution < -0.4 is 16.8 Å². The molecule has 0 radical (unpaired) electrons. The van der Waals surface area contributed by atoms with Crippen LogP contribution in [0.5, 0.6) is 0 Å². The van der Waals surface area contributed by atoms with Crippen molar-refractivity contribution in [2.75, 3.05) is 5.32 Å². The van der Waals surface area contributed by atoms with E-state index in [1.807, 2.05) is 54.6 Å². The average Bonchev–Trinajstić information content (AvgIpc) is 2.74. The molecule has 0 aliphatic heterocycles. The van der Waals surface area contributed by atoms with E-state index in [9.17, 15) is 4.79 Å². The third kappa shape index (κ3) is 6.67. The number of nitrogens with one attached hydrogen (secondary N) is 1. The number of rotatable bonds is 7. The lowest BCUT2D eigenvalue weighted by atomic mass is 10.0. The van der Waals surface area contributed by atoms with Gasteiger partial charge in [-0.2, -0.15) is 0 Å². The maximum Gasteiger partial charge on any atom is 0.248 e. The number of benzene rings is 2. The fraction of sp³-hybridized carbons (Fsp3) is 0.115. The van der Waals surface area contributed by atoms with Gasteiger partial charge in [0.2, 0.25) is 5.91 Å². The van der Waals surface area contributed by atoms with Gasteiger partial charge in [0, 0.05) is 16.9 Å². The van der Waals surface area contributed by atoms with Crippen LogP contribution in [0.3, 0.4) is 0 Å². The van der Waals surface area contributed by atoms with Crippen LogP contribution in [0.2, 0.25) is 0 Å². The minimum absolute atomic E-state index is 0.183. The largest absolute Gasteiger partial charge is 0.402 e. The van der Waals surface area contributed by atoms with Crippen molar-refractivity contribution in [1.29, 1.82) is 0 Å². The molecule has 162 valence electrons. The molecule has 1 aromatic heterocycles. The molecular formula is C26H27N5O. The summed E-state index contributed by atoms with van der Waals surface area (Å²) in [6.07, 6.45) is 5.50. The lowest BCUT2D eigenvalue weighted by molar-refractivity contribution is -0.111. The number of aromatic nitrogens is 1. The van der Waals surface area contributed by atoms with Crippen molar-refractivity contribution >= 4 is 23.2 Å². The molecule has 0 spiro atoms. The predicted molar refractivity (Wildman–Crippen MR) is 132 cm³/mol. The van der Waals surface area contributed by atoms with Gasteiger partial charge >= 0.3 is 0 Å². The Bertz CT molecular complexity index is 1180. The number of nitrogens with zero attached hydrogens (tertiary/aromatic N) is 2. The summed E-state index contributed by atoms with van der Waals surface area (Å²) in [5, 5.41) is 2.85. The maximum atomic E-state index is 11.9. The highest BCUT2D eigenvalue weighted by atomic mass is 16.1. The molecule has 2 aromatic carbocycles. The van der Waals surface area contributed by atoms with E-state index in [1.165, 1.54) is 11.6 Å². The minimum atomic E-state index is -0.183. The molecule has 32 heavy (non-hydrogen) atoms. The smallest absolute Gasteiger partial charge is 0.248 e. The van der Waals surface area contributed by atoms with E-state index < -0.39 is 0 Å². The molecule has 0 saturated carbocycles. The summed E-state index contributed by atoms with van der Waals surface area (Å²) >= 11 is 0. The van der Waals surface area contributed by atoms with E-state index in [4.69, 9.17) is 11.5 Å². The number of carbonyl (C=O) groups excluding carboxylic acids is 1. The van der Waals surface area contributed by atoms with E-state index in [-0.39, 0.29) is 11.7 Å². The normalized spacial score (nSPS) is 12.2. The first-order valence-electron chi connectivity index (χ1n) is 10.3. The zero-order valence-corrected chi connectivity index (χ0v) is 18.2. The molecule has 0 fully saturated rings. The average molecular weight is 426 g/mol. The lowest BCUT2D eigenvalue weighted by Gasteiger charge is -2.10. The number of amides is 1. The third-order valence-corrected chi connectivity index (χ3v) is 4.49. The van der Waals surface area contributed by atoms with Gasteiger partial charge in [0.05, 0.1) is 5.69 Å². The Hall–Kier alpha value is -4.19. The quantitative estimate of drug-likeness (QED) is 0.290. The first-order valence-corrected chi connectivity index (χ1v) is 10.3. The fourth-order valence-electron chi connectivity index (χ4n) is 3.20. The number of carbonyl (C=O) groups is 1. The van der Waals surface area contributed by atoms with Gasteiger partial charge in [0.25, 0.3) is 0 Å². The van der Waals surface area contributed by atoms with Gasteiger partial charge in [-0.3, -0.25) is 4.79 Å². The second-order valence-corrected chi connectivity index (χ2v) is 7.38. The molecule has 1 heterocycles. The molecule has 1 amide bonds. The Morgan fingerprint density at radius 3 is 2.53 bits per heavy atom. The highest BCUT2D eigenvalue weighted by Crippen LogP contribution is 2.26. The molecule has 0 unspecified atom stereocenters. The molecular weight excluding hydrogens is 398 g/mol. The van der Waals surface area contributed by atoms with Crippen molar-refractivity contribution in [2.45, 2.75) is 20.3 Å². The van der Waals surface area contributed by atoms with Crippen molar-refractivity contribution in [3.63, 3.8) is 0 Å². The monoisotopic (exact) mass is 425 g/mol. The molecule has 6 heteroatoms. The standard InChI is InChI=1S/C26H27N5O/c1-3-8-26(32)29-22-12-7-11-21(17-22)23-15-20(14-19-9-5-4-6-10-19)16-25(30-23)31-24(28)13-18(2)27/h3-13,15-17H,14,27H2,1-2H3,(H,29,32)(H2,28,30,31)/b8-3+,18-13-. The number of nitrogens with two attached hydrogens (primary N) is 2. The zero-order valence-electron chi connectivity index (χ0n) is 18.2. The summed E-state index contributed by atoms with van der Waals surface area (Å²) in [5.74, 6) is 0.594. The summed E-state index contributed by atoms with van der Waals surface area (Å²) in [7, 11) is 0. The van der Waals surface area contributed by atoms with E-state index in [0.717, 1.165) is 23.2 Å². The van der Waals surface area contributed by atoms with Gasteiger partial charge in [-0.25, -0.2) is 9.98 Å². The molecule has 6 nitrogen and oxygen atoms in total. The van der Waals surface area contributed by atoms with Crippen LogP contribution in [-0.4, -0.2) is 16.7 Å². The number of anilines is 1. The van der Waals surface area contributed by atoms with Gasteiger partial charge in [-0.1, -0.05) is 48.5 Å². The minimum Gasteiger partial charge on any atom is -0.402 e. The van der Waals surface area contributed by atoms with E-state index in [1.54, 1.807) is 26.0 Å². The zero-order chi connectivity index (χ0) is 22.9. The van der Waals surface area contributed by atoms with Crippen LogP contribution in [-0.2, 0) is 11.2 Å². The molecule has 0 aliphatic rings. The molecule has 3 aromatic rings. The number of hydrogen-bond donors (Lipinski definition) is 3. The van der Waals surface area contributed by atoms with Crippen LogP contribution in [0, 0.1) is 0 Å². The molecule has 5 N–H and O–H groups in total. The van der Waals surface area contributed by atoms with Crippen molar-refractivity contribution in [2.24, 2.45) is 16.5 Å². The second-order valence-electron chi connectivity index (χ2n) is 7.38. The summed E-state index contributed by atoms with van der Waals surface area (Å²) < 4.78 is 0. The molecule has 3 rings (SSSR count). The third-order valence-electron chi connectivity index (χ3n) is 4.49. The second kappa shape index (κ2) is 10.7. The highest BCUT2D eigenvalue weighted by molar-refractivity contribution is 5.99. The van der Waals surface area contributed by atoms with Crippen LogP contribution in [0.1, 0.15) is 25.0 Å². The SMILES string of the molecule is C/C=C/C(=O)Nc1cccc(-c2cc(Cc3ccccc3)cc(N=C(N)/C=C(/C)N)n2)c1. The van der Waals surface area contributed by atoms with Crippen molar-refractivity contribution < 1.29 is 4.79 Å². The maximum absolute atomic E-state index is 11.9. The molecule has 0 bridgehead atoms. The van der Waals surface area contributed by atoms with E-state index >= 15 is 0 Å². The first-order chi connectivity index (χ1) is 15.4. The van der Waals surface area contributed by atoms with Crippen LogP contribution in [0.25, 0.3) is 11.3 Å². The van der Waals surface area contributed by atoms with Gasteiger partial charge in [-0.15, -0.1) is 0 Å². The van der Waals surface area contributed by atoms with E-state index in [0.29, 0.717) is 17.2 Å². The summed E-state index contributed by atoms with van der Waals surface area (Å²) in [6, 6.07) is 21.7. The number of hydrogen-bond acceptors (Lipinski definition) is 4. The Labute approximate surface area is 188 Å². The molecule has 0 aliphatic carbocycles. The lowest BCUT2D eigenvalue weighted by Crippen LogP contribution is -2.10. The Morgan fingerprint density at radius 2 is 1.81 bits per heavy atom. The molecule has 0 saturated heterocycles. The summed E-state index contributed by atoms with van der Waals surface area (Å²) in [4.78, 5) is 21.0. The van der Waals surface area contributed by atoms with Crippen molar-refractivity contribution in [3.05, 3.63) is 102 Å². The Kier molecular flexibility index (Phi) is 7.54. The Morgan fingerprint density at radius 1 is 1.03 bits per heavy atom. The Balaban J connectivity index is 2.02. The van der Waals surface area contributed by atoms with Crippen molar-refractivity contribution in [1.82, 2.24) is 4.98 Å². The number of pyridine rings is 1. The van der Waals surface area contributed by atoms with E-state index in [2.05, 4.69) is 27.4 Å². The summed E-state index contributed by atoms with van der Waals surface area (Å²) in [5.41, 5.74) is 16.8. The van der Waals surface area contributed by atoms with Crippen LogP contribution in [0.4, 0.5) is 11.5 Å². The van der Waals surface area contributed by atoms with Crippen LogP contribution >= 0.6 is 0 Å². The summed E-state index contributed by atoms with van der Waals surface area (Å²) in [6.45, 7) is 3.55. The highest BCUT2D eigenvalue weighted by Gasteiger charge is 2.08. The first kappa shape index (κ1) is 22.5. The van der Waals surface area contributed by atoms with Gasteiger partial charge in [0.1, 0.15) is 5.84 Å². The fourth-order valence-corrected chi connectivity index (χ4v) is 3.20. The number of allylic oxidation sites excluding steroid dienone is 2. The van der Waals surface area contributed by atoms with Crippen molar-refractivity contribution in [3.8, 4) is 11.3 Å². The number of amidine groups is 1.